The first-order chi connectivity index (χ1) is 14.0. The van der Waals surface area contributed by atoms with Crippen LogP contribution in [0.15, 0.2) is 72.8 Å². The maximum atomic E-state index is 12.4. The molecule has 0 saturated carbocycles. The van der Waals surface area contributed by atoms with E-state index in [0.717, 1.165) is 0 Å². The van der Waals surface area contributed by atoms with Gasteiger partial charge in [-0.3, -0.25) is 4.79 Å². The van der Waals surface area contributed by atoms with Crippen molar-refractivity contribution >= 4 is 41.0 Å². The lowest BCUT2D eigenvalue weighted by Crippen LogP contribution is -2.08. The van der Waals surface area contributed by atoms with Crippen molar-refractivity contribution in [1.29, 1.82) is 0 Å². The Morgan fingerprint density at radius 2 is 1.34 bits per heavy atom. The highest BCUT2D eigenvalue weighted by Gasteiger charge is 2.10. The fraction of sp³-hybridized carbons (Fsp3) is 0.0435. The summed E-state index contributed by atoms with van der Waals surface area (Å²) >= 11 is 12.2. The monoisotopic (exact) mass is 426 g/mol. The number of carbonyl (C=O) groups excluding carboxylic acids is 2. The van der Waals surface area contributed by atoms with Crippen molar-refractivity contribution in [3.8, 4) is 11.5 Å². The first kappa shape index (κ1) is 20.6. The highest BCUT2D eigenvalue weighted by molar-refractivity contribution is 6.37. The zero-order valence-electron chi connectivity index (χ0n) is 15.4. The third kappa shape index (κ3) is 5.25. The Morgan fingerprint density at radius 1 is 0.793 bits per heavy atom. The number of hydrogen-bond acceptors (Lipinski definition) is 4. The molecule has 0 atom stereocenters. The Labute approximate surface area is 178 Å². The summed E-state index contributed by atoms with van der Waals surface area (Å²) in [5, 5.41) is 0.921. The van der Waals surface area contributed by atoms with Crippen molar-refractivity contribution in [2.75, 3.05) is 7.11 Å². The van der Waals surface area contributed by atoms with E-state index in [4.69, 9.17) is 32.7 Å². The van der Waals surface area contributed by atoms with E-state index < -0.39 is 5.97 Å². The SMILES string of the molecule is COc1ccc(C(=O)Oc2ccc(C(=O)C=Cc3c(Cl)cccc3Cl)cc2)cc1. The number of carbonyl (C=O) groups is 2. The zero-order chi connectivity index (χ0) is 20.8. The molecule has 0 bridgehead atoms. The molecule has 0 radical (unpaired) electrons. The highest BCUT2D eigenvalue weighted by Crippen LogP contribution is 2.25. The molecular weight excluding hydrogens is 411 g/mol. The average Bonchev–Trinajstić information content (AvgIpc) is 2.73. The van der Waals surface area contributed by atoms with Gasteiger partial charge < -0.3 is 9.47 Å². The Hall–Kier alpha value is -3.08. The Balaban J connectivity index is 1.66. The van der Waals surface area contributed by atoms with E-state index in [1.807, 2.05) is 0 Å². The van der Waals surface area contributed by atoms with Gasteiger partial charge in [-0.05, 0) is 72.8 Å². The minimum Gasteiger partial charge on any atom is -0.497 e. The molecule has 0 unspecified atom stereocenters. The summed E-state index contributed by atoms with van der Waals surface area (Å²) in [6.07, 6.45) is 2.97. The summed E-state index contributed by atoms with van der Waals surface area (Å²) in [5.41, 5.74) is 1.41. The van der Waals surface area contributed by atoms with Crippen molar-refractivity contribution in [3.05, 3.63) is 99.5 Å². The maximum absolute atomic E-state index is 12.4. The molecule has 0 heterocycles. The molecule has 0 amide bonds. The minimum atomic E-state index is -0.500. The number of rotatable bonds is 6. The molecule has 146 valence electrons. The molecule has 0 aliphatic heterocycles. The van der Waals surface area contributed by atoms with Crippen LogP contribution in [0.1, 0.15) is 26.3 Å². The summed E-state index contributed by atoms with van der Waals surface area (Å²) < 4.78 is 10.4. The van der Waals surface area contributed by atoms with Gasteiger partial charge >= 0.3 is 5.97 Å². The van der Waals surface area contributed by atoms with Crippen LogP contribution in [0.3, 0.4) is 0 Å². The molecule has 3 aromatic rings. The van der Waals surface area contributed by atoms with Crippen molar-refractivity contribution in [3.63, 3.8) is 0 Å². The van der Waals surface area contributed by atoms with Gasteiger partial charge in [-0.15, -0.1) is 0 Å². The van der Waals surface area contributed by atoms with Gasteiger partial charge in [0.2, 0.25) is 0 Å². The molecule has 4 nitrogen and oxygen atoms in total. The normalized spacial score (nSPS) is 10.7. The lowest BCUT2D eigenvalue weighted by Gasteiger charge is -2.06. The number of allylic oxidation sites excluding steroid dienone is 1. The predicted octanol–water partition coefficient (Wildman–Crippen LogP) is 6.12. The van der Waals surface area contributed by atoms with Gasteiger partial charge in [0.05, 0.1) is 12.7 Å². The fourth-order valence-electron chi connectivity index (χ4n) is 2.51. The molecule has 3 aromatic carbocycles. The van der Waals surface area contributed by atoms with E-state index in [1.54, 1.807) is 79.9 Å². The van der Waals surface area contributed by atoms with Gasteiger partial charge in [0, 0.05) is 21.2 Å². The smallest absolute Gasteiger partial charge is 0.343 e. The summed E-state index contributed by atoms with van der Waals surface area (Å²) in [6.45, 7) is 0. The second-order valence-electron chi connectivity index (χ2n) is 5.98. The zero-order valence-corrected chi connectivity index (χ0v) is 16.9. The third-order valence-electron chi connectivity index (χ3n) is 4.08. The molecule has 29 heavy (non-hydrogen) atoms. The van der Waals surface area contributed by atoms with Crippen LogP contribution in [-0.4, -0.2) is 18.9 Å². The summed E-state index contributed by atoms with van der Waals surface area (Å²) in [5.74, 6) is 0.255. The van der Waals surface area contributed by atoms with Crippen LogP contribution in [0.2, 0.25) is 10.0 Å². The Morgan fingerprint density at radius 3 is 1.93 bits per heavy atom. The molecule has 0 aliphatic rings. The predicted molar refractivity (Wildman–Crippen MR) is 114 cm³/mol. The number of ether oxygens (including phenoxy) is 2. The summed E-state index contributed by atoms with van der Waals surface area (Å²) in [6, 6.07) is 18.0. The minimum absolute atomic E-state index is 0.228. The lowest BCUT2D eigenvalue weighted by atomic mass is 10.1. The van der Waals surface area contributed by atoms with E-state index in [2.05, 4.69) is 0 Å². The second kappa shape index (κ2) is 9.41. The van der Waals surface area contributed by atoms with E-state index in [0.29, 0.717) is 38.2 Å². The van der Waals surface area contributed by atoms with Crippen LogP contribution in [0.25, 0.3) is 6.08 Å². The molecule has 0 saturated heterocycles. The second-order valence-corrected chi connectivity index (χ2v) is 6.79. The quantitative estimate of drug-likeness (QED) is 0.206. The lowest BCUT2D eigenvalue weighted by molar-refractivity contribution is 0.0734. The highest BCUT2D eigenvalue weighted by atomic mass is 35.5. The van der Waals surface area contributed by atoms with Gasteiger partial charge in [-0.1, -0.05) is 29.3 Å². The maximum Gasteiger partial charge on any atom is 0.343 e. The van der Waals surface area contributed by atoms with Crippen molar-refractivity contribution in [2.24, 2.45) is 0 Å². The van der Waals surface area contributed by atoms with Crippen LogP contribution in [0, 0.1) is 0 Å². The molecule has 0 spiro atoms. The molecule has 3 rings (SSSR count). The number of benzene rings is 3. The number of esters is 1. The first-order valence-electron chi connectivity index (χ1n) is 8.60. The largest absolute Gasteiger partial charge is 0.497 e. The molecule has 0 fully saturated rings. The van der Waals surface area contributed by atoms with Gasteiger partial charge in [0.25, 0.3) is 0 Å². The summed E-state index contributed by atoms with van der Waals surface area (Å²) in [4.78, 5) is 24.6. The van der Waals surface area contributed by atoms with Crippen LogP contribution in [0.5, 0.6) is 11.5 Å². The molecule has 0 aliphatic carbocycles. The van der Waals surface area contributed by atoms with Crippen LogP contribution in [-0.2, 0) is 0 Å². The number of hydrogen-bond donors (Lipinski definition) is 0. The average molecular weight is 427 g/mol. The van der Waals surface area contributed by atoms with Crippen molar-refractivity contribution in [2.45, 2.75) is 0 Å². The standard InChI is InChI=1S/C23H16Cl2O4/c1-28-17-9-7-16(8-10-17)23(27)29-18-11-5-15(6-12-18)22(26)14-13-19-20(24)3-2-4-21(19)25/h2-14H,1H3. The van der Waals surface area contributed by atoms with Gasteiger partial charge in [-0.2, -0.15) is 0 Å². The topological polar surface area (TPSA) is 52.6 Å². The van der Waals surface area contributed by atoms with E-state index in [-0.39, 0.29) is 5.78 Å². The van der Waals surface area contributed by atoms with E-state index >= 15 is 0 Å². The van der Waals surface area contributed by atoms with Crippen molar-refractivity contribution < 1.29 is 19.1 Å². The molecule has 6 heteroatoms. The van der Waals surface area contributed by atoms with Gasteiger partial charge in [0.1, 0.15) is 11.5 Å². The van der Waals surface area contributed by atoms with E-state index in [9.17, 15) is 9.59 Å². The summed E-state index contributed by atoms with van der Waals surface area (Å²) in [7, 11) is 1.55. The number of ketones is 1. The Kier molecular flexibility index (Phi) is 6.70. The molecule has 0 N–H and O–H groups in total. The van der Waals surface area contributed by atoms with Crippen LogP contribution >= 0.6 is 23.2 Å². The Bertz CT molecular complexity index is 1030. The fourth-order valence-corrected chi connectivity index (χ4v) is 3.03. The van der Waals surface area contributed by atoms with Crippen molar-refractivity contribution in [1.82, 2.24) is 0 Å². The molecular formula is C23H16Cl2O4. The molecule has 0 aromatic heterocycles. The van der Waals surface area contributed by atoms with Gasteiger partial charge in [0.15, 0.2) is 5.78 Å². The van der Waals surface area contributed by atoms with E-state index in [1.165, 1.54) is 6.08 Å². The first-order valence-corrected chi connectivity index (χ1v) is 9.36. The number of halogens is 2. The van der Waals surface area contributed by atoms with Gasteiger partial charge in [-0.25, -0.2) is 4.79 Å². The van der Waals surface area contributed by atoms with Crippen LogP contribution in [0.4, 0.5) is 0 Å². The van der Waals surface area contributed by atoms with Crippen LogP contribution < -0.4 is 9.47 Å². The number of methoxy groups -OCH3 is 1. The third-order valence-corrected chi connectivity index (χ3v) is 4.74.